The Balaban J connectivity index is 1.59. The predicted molar refractivity (Wildman–Crippen MR) is 154 cm³/mol. The number of rotatable bonds is 8. The number of fused-ring (bicyclic) bond motifs is 2. The molecule has 41 heavy (non-hydrogen) atoms. The summed E-state index contributed by atoms with van der Waals surface area (Å²) in [5, 5.41) is 41.4. The molecule has 6 rings (SSSR count). The molecule has 0 aliphatic carbocycles. The summed E-state index contributed by atoms with van der Waals surface area (Å²) in [6.07, 6.45) is 0.0943. The highest BCUT2D eigenvalue weighted by molar-refractivity contribution is 6.31. The lowest BCUT2D eigenvalue weighted by atomic mass is 9.98. The molecule has 0 saturated heterocycles. The summed E-state index contributed by atoms with van der Waals surface area (Å²) in [6.45, 7) is 4.40. The van der Waals surface area contributed by atoms with Gasteiger partial charge in [0.15, 0.2) is 11.5 Å². The van der Waals surface area contributed by atoms with E-state index in [1.807, 2.05) is 13.8 Å². The van der Waals surface area contributed by atoms with E-state index in [9.17, 15) is 10.2 Å². The SMILES string of the molecule is CCOc1c[c]c(O)c(-n2nc3ccc(Cl)cc3n2)c1Cc1c(OCC)c[c]c(O)c1-n1nc2ccc(Cl)cc2n1. The summed E-state index contributed by atoms with van der Waals surface area (Å²) in [5.74, 6) is 0.480. The van der Waals surface area contributed by atoms with Crippen LogP contribution < -0.4 is 9.47 Å². The summed E-state index contributed by atoms with van der Waals surface area (Å²) in [4.78, 5) is 2.64. The van der Waals surface area contributed by atoms with Crippen molar-refractivity contribution in [1.82, 2.24) is 30.0 Å². The molecule has 206 valence electrons. The van der Waals surface area contributed by atoms with Crippen LogP contribution >= 0.6 is 23.2 Å². The number of aromatic hydroxyl groups is 2. The quantitative estimate of drug-likeness (QED) is 0.227. The van der Waals surface area contributed by atoms with E-state index in [-0.39, 0.29) is 29.3 Å². The molecule has 0 bridgehead atoms. The van der Waals surface area contributed by atoms with Gasteiger partial charge in [-0.2, -0.15) is 0 Å². The Labute approximate surface area is 244 Å². The van der Waals surface area contributed by atoms with E-state index in [0.29, 0.717) is 68.0 Å². The average Bonchev–Trinajstić information content (AvgIpc) is 3.55. The van der Waals surface area contributed by atoms with Crippen LogP contribution in [-0.2, 0) is 6.42 Å². The maximum Gasteiger partial charge on any atom is 0.151 e. The minimum Gasteiger partial charge on any atom is -0.505 e. The van der Waals surface area contributed by atoms with Crippen molar-refractivity contribution < 1.29 is 19.7 Å². The van der Waals surface area contributed by atoms with Gasteiger partial charge in [-0.1, -0.05) is 23.2 Å². The Morgan fingerprint density at radius 3 is 1.51 bits per heavy atom. The van der Waals surface area contributed by atoms with Crippen LogP contribution in [0.2, 0.25) is 10.0 Å². The first kappa shape index (κ1) is 26.7. The van der Waals surface area contributed by atoms with Gasteiger partial charge in [0.2, 0.25) is 0 Å². The van der Waals surface area contributed by atoms with Gasteiger partial charge in [-0.3, -0.25) is 0 Å². The fourth-order valence-electron chi connectivity index (χ4n) is 4.59. The van der Waals surface area contributed by atoms with Crippen LogP contribution in [0.1, 0.15) is 25.0 Å². The standard InChI is InChI=1S/C29H22Cl2N6O4/c1-3-40-26-11-9-24(38)28(36-32-20-7-5-16(30)13-22(20)34-36)18(26)15-19-27(41-4-2)12-10-25(39)29(19)37-33-21-8-6-17(31)14-23(21)35-37/h5-8,11-14,38-39H,3-4,15H2,1-2H3. The Kier molecular flexibility index (Phi) is 7.02. The van der Waals surface area contributed by atoms with Crippen molar-refractivity contribution in [2.75, 3.05) is 13.2 Å². The van der Waals surface area contributed by atoms with E-state index in [1.54, 1.807) is 48.5 Å². The zero-order valence-corrected chi connectivity index (χ0v) is 23.4. The minimum atomic E-state index is -0.196. The van der Waals surface area contributed by atoms with Gasteiger partial charge in [0.1, 0.15) is 44.9 Å². The van der Waals surface area contributed by atoms with Gasteiger partial charge in [0, 0.05) is 39.7 Å². The molecule has 0 fully saturated rings. The number of benzene rings is 4. The Hall–Kier alpha value is -4.54. The predicted octanol–water partition coefficient (Wildman–Crippen LogP) is 5.86. The van der Waals surface area contributed by atoms with Crippen LogP contribution in [0.3, 0.4) is 0 Å². The van der Waals surface area contributed by atoms with Gasteiger partial charge in [0.25, 0.3) is 0 Å². The summed E-state index contributed by atoms with van der Waals surface area (Å²) in [6, 6.07) is 19.0. The molecule has 0 aliphatic heterocycles. The normalized spacial score (nSPS) is 11.4. The van der Waals surface area contributed by atoms with Crippen molar-refractivity contribution in [3.05, 3.63) is 81.8 Å². The average molecular weight is 589 g/mol. The third kappa shape index (κ3) is 4.96. The van der Waals surface area contributed by atoms with E-state index in [4.69, 9.17) is 32.7 Å². The summed E-state index contributed by atoms with van der Waals surface area (Å²) >= 11 is 12.3. The molecule has 2 radical (unpaired) electrons. The molecule has 6 aromatic rings. The van der Waals surface area contributed by atoms with Crippen LogP contribution in [0.15, 0.2) is 48.5 Å². The molecular weight excluding hydrogens is 567 g/mol. The fourth-order valence-corrected chi connectivity index (χ4v) is 4.92. The lowest BCUT2D eigenvalue weighted by Crippen LogP contribution is -2.11. The zero-order chi connectivity index (χ0) is 28.7. The van der Waals surface area contributed by atoms with Crippen LogP contribution in [0.4, 0.5) is 0 Å². The smallest absolute Gasteiger partial charge is 0.151 e. The number of phenolic OH excluding ortho intramolecular Hbond substituents is 2. The Bertz CT molecular complexity index is 1780. The maximum absolute atomic E-state index is 11.1. The third-order valence-electron chi connectivity index (χ3n) is 6.33. The molecular formula is C29H22Cl2N6O4. The maximum atomic E-state index is 11.1. The molecule has 0 atom stereocenters. The second-order valence-corrected chi connectivity index (χ2v) is 9.82. The summed E-state index contributed by atoms with van der Waals surface area (Å²) < 4.78 is 11.9. The molecule has 0 spiro atoms. The van der Waals surface area contributed by atoms with E-state index in [0.717, 1.165) is 0 Å². The number of ether oxygens (including phenoxy) is 2. The van der Waals surface area contributed by atoms with Gasteiger partial charge in [0.05, 0.1) is 13.2 Å². The molecule has 12 heteroatoms. The second-order valence-electron chi connectivity index (χ2n) is 8.95. The number of hydrogen-bond donors (Lipinski definition) is 2. The molecule has 4 aromatic carbocycles. The van der Waals surface area contributed by atoms with E-state index < -0.39 is 0 Å². The largest absolute Gasteiger partial charge is 0.505 e. The zero-order valence-electron chi connectivity index (χ0n) is 21.9. The molecule has 0 amide bonds. The monoisotopic (exact) mass is 588 g/mol. The molecule has 0 unspecified atom stereocenters. The van der Waals surface area contributed by atoms with E-state index in [2.05, 4.69) is 32.5 Å². The number of phenols is 2. The minimum absolute atomic E-state index is 0.0943. The number of nitrogens with zero attached hydrogens (tertiary/aromatic N) is 6. The summed E-state index contributed by atoms with van der Waals surface area (Å²) in [7, 11) is 0. The van der Waals surface area contributed by atoms with Crippen molar-refractivity contribution in [3.63, 3.8) is 0 Å². The van der Waals surface area contributed by atoms with Gasteiger partial charge in [-0.25, -0.2) is 0 Å². The lowest BCUT2D eigenvalue weighted by Gasteiger charge is -2.19. The van der Waals surface area contributed by atoms with E-state index in [1.165, 1.54) is 9.59 Å². The topological polar surface area (TPSA) is 120 Å². The molecule has 0 saturated carbocycles. The highest BCUT2D eigenvalue weighted by Crippen LogP contribution is 2.40. The second kappa shape index (κ2) is 10.8. The first-order valence-corrected chi connectivity index (χ1v) is 13.5. The Morgan fingerprint density at radius 1 is 0.683 bits per heavy atom. The number of aromatic nitrogens is 6. The Morgan fingerprint density at radius 2 is 1.10 bits per heavy atom. The first-order chi connectivity index (χ1) is 19.9. The number of hydrogen-bond acceptors (Lipinski definition) is 8. The highest BCUT2D eigenvalue weighted by Gasteiger charge is 2.25. The first-order valence-electron chi connectivity index (χ1n) is 12.7. The molecule has 2 heterocycles. The highest BCUT2D eigenvalue weighted by atomic mass is 35.5. The molecule has 2 aromatic heterocycles. The van der Waals surface area contributed by atoms with Gasteiger partial charge >= 0.3 is 0 Å². The van der Waals surface area contributed by atoms with Crippen molar-refractivity contribution in [2.45, 2.75) is 20.3 Å². The third-order valence-corrected chi connectivity index (χ3v) is 6.80. The van der Waals surface area contributed by atoms with Crippen LogP contribution in [0.25, 0.3) is 33.4 Å². The van der Waals surface area contributed by atoms with Gasteiger partial charge in [-0.05, 0) is 62.4 Å². The van der Waals surface area contributed by atoms with Crippen LogP contribution in [0.5, 0.6) is 23.0 Å². The van der Waals surface area contributed by atoms with Gasteiger partial charge < -0.3 is 19.7 Å². The van der Waals surface area contributed by atoms with E-state index >= 15 is 0 Å². The molecule has 2 N–H and O–H groups in total. The molecule has 10 nitrogen and oxygen atoms in total. The number of halogens is 2. The van der Waals surface area contributed by atoms with Gasteiger partial charge in [-0.15, -0.1) is 30.0 Å². The van der Waals surface area contributed by atoms with Crippen molar-refractivity contribution >= 4 is 45.3 Å². The summed E-state index contributed by atoms with van der Waals surface area (Å²) in [5.41, 5.74) is 3.76. The van der Waals surface area contributed by atoms with Crippen LogP contribution in [-0.4, -0.2) is 53.4 Å². The fraction of sp³-hybridized carbons (Fsp3) is 0.172. The van der Waals surface area contributed by atoms with Crippen molar-refractivity contribution in [1.29, 1.82) is 0 Å². The molecule has 0 aliphatic rings. The lowest BCUT2D eigenvalue weighted by molar-refractivity contribution is 0.331. The van der Waals surface area contributed by atoms with Crippen LogP contribution in [0, 0.1) is 12.1 Å². The van der Waals surface area contributed by atoms with Crippen molar-refractivity contribution in [3.8, 4) is 34.4 Å². The van der Waals surface area contributed by atoms with Crippen molar-refractivity contribution in [2.24, 2.45) is 0 Å².